The Balaban J connectivity index is 1.95. The molecule has 3 unspecified atom stereocenters. The first-order valence-electron chi connectivity index (χ1n) is 7.70. The maximum Gasteiger partial charge on any atom is 0.330 e. The third kappa shape index (κ3) is 5.03. The molecule has 0 spiro atoms. The molecular weight excluding hydrogens is 331 g/mol. The van der Waals surface area contributed by atoms with Gasteiger partial charge in [0, 0.05) is 17.6 Å². The van der Waals surface area contributed by atoms with Gasteiger partial charge in [-0.05, 0) is 25.5 Å². The molecule has 8 heteroatoms. The van der Waals surface area contributed by atoms with E-state index >= 15 is 0 Å². The van der Waals surface area contributed by atoms with Crippen molar-refractivity contribution < 1.29 is 13.8 Å². The highest BCUT2D eigenvalue weighted by Gasteiger charge is 2.16. The number of aromatic amines is 1. The summed E-state index contributed by atoms with van der Waals surface area (Å²) in [5, 5.41) is 0.655. The molecule has 1 N–H and O–H groups in total. The van der Waals surface area contributed by atoms with Crippen LogP contribution in [0.3, 0.4) is 0 Å². The lowest BCUT2D eigenvalue weighted by Crippen LogP contribution is -2.33. The molecule has 0 saturated heterocycles. The van der Waals surface area contributed by atoms with Gasteiger partial charge in [-0.2, -0.15) is 0 Å². The number of nitrogens with zero attached hydrogens (tertiary/aromatic N) is 1. The average molecular weight is 352 g/mol. The van der Waals surface area contributed by atoms with Crippen molar-refractivity contribution >= 4 is 13.3 Å². The predicted molar refractivity (Wildman–Crippen MR) is 92.2 cm³/mol. The first-order chi connectivity index (χ1) is 11.5. The summed E-state index contributed by atoms with van der Waals surface area (Å²) in [6.07, 6.45) is 1.11. The van der Waals surface area contributed by atoms with Gasteiger partial charge < -0.3 is 9.26 Å². The second-order valence-corrected chi connectivity index (χ2v) is 6.69. The number of ether oxygens (including phenoxy) is 1. The van der Waals surface area contributed by atoms with Crippen LogP contribution in [0.2, 0.25) is 0 Å². The van der Waals surface area contributed by atoms with Crippen LogP contribution in [0.25, 0.3) is 0 Å². The summed E-state index contributed by atoms with van der Waals surface area (Å²) in [7, 11) is -2.33. The van der Waals surface area contributed by atoms with E-state index < -0.39 is 25.5 Å². The Bertz CT molecular complexity index is 787. The fraction of sp³-hybridized carbons (Fsp3) is 0.375. The molecule has 2 rings (SSSR count). The van der Waals surface area contributed by atoms with Crippen molar-refractivity contribution in [2.75, 3.05) is 6.61 Å². The summed E-state index contributed by atoms with van der Waals surface area (Å²) in [5.41, 5.74) is -0.996. The van der Waals surface area contributed by atoms with E-state index in [0.717, 1.165) is 0 Å². The van der Waals surface area contributed by atoms with E-state index in [9.17, 15) is 14.2 Å². The topological polar surface area (TPSA) is 90.4 Å². The summed E-state index contributed by atoms with van der Waals surface area (Å²) < 4.78 is 24.6. The van der Waals surface area contributed by atoms with Crippen LogP contribution in [0, 0.1) is 0 Å². The molecule has 130 valence electrons. The Kier molecular flexibility index (Phi) is 6.73. The van der Waals surface area contributed by atoms with Crippen molar-refractivity contribution in [3.8, 4) is 0 Å². The van der Waals surface area contributed by atoms with Gasteiger partial charge in [-0.25, -0.2) is 4.79 Å². The second kappa shape index (κ2) is 8.78. The van der Waals surface area contributed by atoms with Crippen LogP contribution < -0.4 is 16.6 Å². The molecule has 0 aliphatic carbocycles. The van der Waals surface area contributed by atoms with Crippen molar-refractivity contribution in [2.45, 2.75) is 32.6 Å². The van der Waals surface area contributed by atoms with E-state index in [1.54, 1.807) is 31.2 Å². The van der Waals surface area contributed by atoms with Crippen LogP contribution >= 0.6 is 8.03 Å². The summed E-state index contributed by atoms with van der Waals surface area (Å²) in [6, 6.07) is 10.2. The Hall–Kier alpha value is -1.95. The Labute approximate surface area is 140 Å². The molecule has 1 heterocycles. The van der Waals surface area contributed by atoms with Crippen molar-refractivity contribution in [1.82, 2.24) is 9.55 Å². The number of nitrogens with one attached hydrogen (secondary N) is 1. The van der Waals surface area contributed by atoms with E-state index in [0.29, 0.717) is 11.7 Å². The molecular formula is C16H21N2O5P. The van der Waals surface area contributed by atoms with Gasteiger partial charge in [0.25, 0.3) is 5.56 Å². The average Bonchev–Trinajstić information content (AvgIpc) is 2.58. The van der Waals surface area contributed by atoms with Crippen LogP contribution in [0.1, 0.15) is 26.5 Å². The molecule has 1 aromatic carbocycles. The first kappa shape index (κ1) is 18.4. The second-order valence-electron chi connectivity index (χ2n) is 5.25. The van der Waals surface area contributed by atoms with Gasteiger partial charge in [0.05, 0.1) is 12.7 Å². The van der Waals surface area contributed by atoms with Crippen LogP contribution in [-0.2, 0) is 13.8 Å². The zero-order chi connectivity index (χ0) is 17.5. The largest absolute Gasteiger partial charge is 0.353 e. The minimum Gasteiger partial charge on any atom is -0.353 e. The molecule has 0 amide bonds. The van der Waals surface area contributed by atoms with Gasteiger partial charge in [0.2, 0.25) is 8.03 Å². The van der Waals surface area contributed by atoms with Gasteiger partial charge in [0.1, 0.15) is 6.23 Å². The lowest BCUT2D eigenvalue weighted by atomic mass is 10.3. The fourth-order valence-electron chi connectivity index (χ4n) is 2.14. The highest BCUT2D eigenvalue weighted by molar-refractivity contribution is 7.48. The monoisotopic (exact) mass is 352 g/mol. The fourth-order valence-corrected chi connectivity index (χ4v) is 3.11. The normalized spacial score (nSPS) is 14.9. The minimum atomic E-state index is -2.33. The quantitative estimate of drug-likeness (QED) is 0.730. The van der Waals surface area contributed by atoms with Crippen LogP contribution in [-0.4, -0.2) is 22.3 Å². The predicted octanol–water partition coefficient (Wildman–Crippen LogP) is 1.67. The van der Waals surface area contributed by atoms with Gasteiger partial charge in [-0.15, -0.1) is 0 Å². The van der Waals surface area contributed by atoms with Crippen molar-refractivity contribution in [1.29, 1.82) is 0 Å². The smallest absolute Gasteiger partial charge is 0.330 e. The Morgan fingerprint density at radius 2 is 1.92 bits per heavy atom. The number of benzene rings is 1. The lowest BCUT2D eigenvalue weighted by Gasteiger charge is -2.22. The van der Waals surface area contributed by atoms with Crippen molar-refractivity contribution in [3.05, 3.63) is 63.4 Å². The SMILES string of the molecule is CCC(CO[PH](=O)c1ccccc1)OC(C)n1ccc(=O)[nH]c1=O. The van der Waals surface area contributed by atoms with Gasteiger partial charge in [-0.1, -0.05) is 25.1 Å². The molecule has 2 aromatic rings. The first-order valence-corrected chi connectivity index (χ1v) is 9.02. The third-order valence-electron chi connectivity index (χ3n) is 3.50. The lowest BCUT2D eigenvalue weighted by molar-refractivity contribution is -0.0629. The zero-order valence-electron chi connectivity index (χ0n) is 13.6. The molecule has 3 atom stereocenters. The van der Waals surface area contributed by atoms with Gasteiger partial charge >= 0.3 is 5.69 Å². The molecule has 0 aliphatic heterocycles. The van der Waals surface area contributed by atoms with Crippen LogP contribution in [0.15, 0.2) is 52.2 Å². The Morgan fingerprint density at radius 1 is 1.21 bits per heavy atom. The highest BCUT2D eigenvalue weighted by atomic mass is 31.1. The maximum absolute atomic E-state index is 12.1. The summed E-state index contributed by atoms with van der Waals surface area (Å²) in [5.74, 6) is 0. The molecule has 1 aromatic heterocycles. The van der Waals surface area contributed by atoms with Crippen molar-refractivity contribution in [3.63, 3.8) is 0 Å². The van der Waals surface area contributed by atoms with Crippen molar-refractivity contribution in [2.24, 2.45) is 0 Å². The van der Waals surface area contributed by atoms with E-state index in [2.05, 4.69) is 4.98 Å². The van der Waals surface area contributed by atoms with Gasteiger partial charge in [0.15, 0.2) is 0 Å². The van der Waals surface area contributed by atoms with Crippen LogP contribution in [0.5, 0.6) is 0 Å². The van der Waals surface area contributed by atoms with Crippen LogP contribution in [0.4, 0.5) is 0 Å². The highest BCUT2D eigenvalue weighted by Crippen LogP contribution is 2.23. The Morgan fingerprint density at radius 3 is 2.54 bits per heavy atom. The summed E-state index contributed by atoms with van der Waals surface area (Å²) >= 11 is 0. The number of hydrogen-bond acceptors (Lipinski definition) is 5. The van der Waals surface area contributed by atoms with E-state index in [-0.39, 0.29) is 12.7 Å². The molecule has 0 bridgehead atoms. The third-order valence-corrected chi connectivity index (χ3v) is 4.73. The van der Waals surface area contributed by atoms with E-state index in [4.69, 9.17) is 9.26 Å². The molecule has 0 fully saturated rings. The molecule has 0 saturated carbocycles. The number of hydrogen-bond donors (Lipinski definition) is 1. The molecule has 0 radical (unpaired) electrons. The number of rotatable bonds is 8. The molecule has 24 heavy (non-hydrogen) atoms. The maximum atomic E-state index is 12.1. The summed E-state index contributed by atoms with van der Waals surface area (Å²) in [4.78, 5) is 25.0. The molecule has 0 aliphatic rings. The van der Waals surface area contributed by atoms with Gasteiger partial charge in [-0.3, -0.25) is 18.9 Å². The molecule has 7 nitrogen and oxygen atoms in total. The minimum absolute atomic E-state index is 0.158. The zero-order valence-corrected chi connectivity index (χ0v) is 14.6. The standard InChI is InChI=1S/C16H21N2O5P/c1-3-13(11-22-24(21)14-7-5-4-6-8-14)23-12(2)18-10-9-15(19)17-16(18)20/h4-10,12-13,24H,3,11H2,1-2H3,(H,17,19,20). The van der Waals surface area contributed by atoms with E-state index in [1.807, 2.05) is 13.0 Å². The number of H-pyrrole nitrogens is 1. The summed E-state index contributed by atoms with van der Waals surface area (Å²) in [6.45, 7) is 3.77. The number of aromatic nitrogens is 2. The van der Waals surface area contributed by atoms with E-state index in [1.165, 1.54) is 16.8 Å².